The summed E-state index contributed by atoms with van der Waals surface area (Å²) in [5, 5.41) is 13.1. The molecule has 38 heavy (non-hydrogen) atoms. The molecule has 3 atom stereocenters. The first-order chi connectivity index (χ1) is 18.2. The monoisotopic (exact) mass is 531 g/mol. The molecule has 7 nitrogen and oxygen atoms in total. The molecule has 3 aromatic rings. The number of anilines is 1. The molecular weight excluding hydrogens is 506 g/mol. The lowest BCUT2D eigenvalue weighted by Crippen LogP contribution is -2.25. The van der Waals surface area contributed by atoms with E-state index in [0.717, 1.165) is 44.0 Å². The maximum Gasteiger partial charge on any atom is 0.417 e. The molecule has 11 heteroatoms. The predicted octanol–water partition coefficient (Wildman–Crippen LogP) is 5.90. The number of benzene rings is 1. The Morgan fingerprint density at radius 2 is 1.87 bits per heavy atom. The lowest BCUT2D eigenvalue weighted by molar-refractivity contribution is -0.137. The maximum atomic E-state index is 14.5. The molecule has 3 fully saturated rings. The van der Waals surface area contributed by atoms with Crippen molar-refractivity contribution in [2.75, 3.05) is 18.0 Å². The van der Waals surface area contributed by atoms with Gasteiger partial charge in [0, 0.05) is 36.3 Å². The minimum atomic E-state index is -4.52. The van der Waals surface area contributed by atoms with E-state index in [1.165, 1.54) is 12.1 Å². The lowest BCUT2D eigenvalue weighted by Gasteiger charge is -2.21. The first-order valence-electron chi connectivity index (χ1n) is 12.6. The molecule has 2 aromatic heterocycles. The summed E-state index contributed by atoms with van der Waals surface area (Å²) in [4.78, 5) is 16.9. The molecule has 0 bridgehead atoms. The number of aromatic carboxylic acids is 1. The molecule has 1 saturated heterocycles. The number of carboxylic acid groups (broad SMARTS) is 1. The Morgan fingerprint density at radius 1 is 1.16 bits per heavy atom. The Hall–Kier alpha value is -3.47. The van der Waals surface area contributed by atoms with Gasteiger partial charge in [0.2, 0.25) is 0 Å². The normalized spacial score (nSPS) is 23.2. The van der Waals surface area contributed by atoms with Crippen LogP contribution in [0.4, 0.5) is 23.4 Å². The third-order valence-corrected chi connectivity index (χ3v) is 7.79. The number of aromatic nitrogens is 2. The summed E-state index contributed by atoms with van der Waals surface area (Å²) >= 11 is 0. The molecule has 200 valence electrons. The fourth-order valence-corrected chi connectivity index (χ4v) is 5.81. The molecule has 3 heterocycles. The average Bonchev–Trinajstić information content (AvgIpc) is 3.34. The second kappa shape index (κ2) is 9.37. The van der Waals surface area contributed by atoms with Crippen LogP contribution in [0.25, 0.3) is 11.3 Å². The highest BCUT2D eigenvalue weighted by atomic mass is 19.4. The standard InChI is InChI=1S/C27H25F4N3O4/c28-22-9-15(26(35)36)10-32-25(22)34-11-16-7-18(8-17(16)12-34)37-13-20-23(33-38-24(20)14-5-6-14)19-3-1-2-4-21(19)27(29,30)31/h1-4,9-10,14,16-18H,5-8,11-13H2,(H,35,36)/t16-,17?,18?/m0/s1. The fourth-order valence-electron chi connectivity index (χ4n) is 5.81. The third-order valence-electron chi connectivity index (χ3n) is 7.79. The fraction of sp³-hybridized carbons (Fsp3) is 0.444. The van der Waals surface area contributed by atoms with Crippen molar-refractivity contribution in [2.45, 2.75) is 50.5 Å². The number of halogens is 4. The van der Waals surface area contributed by atoms with Gasteiger partial charge in [0.05, 0.1) is 23.8 Å². The van der Waals surface area contributed by atoms with E-state index < -0.39 is 23.5 Å². The van der Waals surface area contributed by atoms with Crippen LogP contribution in [0.3, 0.4) is 0 Å². The van der Waals surface area contributed by atoms with Gasteiger partial charge in [-0.1, -0.05) is 23.4 Å². The molecule has 0 radical (unpaired) electrons. The smallest absolute Gasteiger partial charge is 0.417 e. The SMILES string of the molecule is O=C(O)c1cnc(N2CC3CC(OCc4c(-c5ccccc5C(F)(F)F)noc4C4CC4)C[C@H]3C2)c(F)c1. The van der Waals surface area contributed by atoms with Gasteiger partial charge in [-0.3, -0.25) is 0 Å². The van der Waals surface area contributed by atoms with Gasteiger partial charge in [-0.2, -0.15) is 13.2 Å². The van der Waals surface area contributed by atoms with Crippen LogP contribution in [0.2, 0.25) is 0 Å². The Balaban J connectivity index is 1.15. The highest BCUT2D eigenvalue weighted by molar-refractivity contribution is 5.87. The summed E-state index contributed by atoms with van der Waals surface area (Å²) in [6.07, 6.45) is -0.181. The second-order valence-electron chi connectivity index (χ2n) is 10.4. The molecule has 1 aromatic carbocycles. The number of carbonyl (C=O) groups is 1. The van der Waals surface area contributed by atoms with Crippen molar-refractivity contribution >= 4 is 11.8 Å². The van der Waals surface area contributed by atoms with Gasteiger partial charge < -0.3 is 19.3 Å². The third kappa shape index (κ3) is 4.63. The molecule has 2 unspecified atom stereocenters. The average molecular weight is 532 g/mol. The van der Waals surface area contributed by atoms with Crippen molar-refractivity contribution in [1.82, 2.24) is 10.1 Å². The number of alkyl halides is 3. The van der Waals surface area contributed by atoms with E-state index >= 15 is 0 Å². The molecular formula is C27H25F4N3O4. The maximum absolute atomic E-state index is 14.5. The van der Waals surface area contributed by atoms with Crippen LogP contribution in [0.5, 0.6) is 0 Å². The van der Waals surface area contributed by atoms with Crippen LogP contribution in [-0.2, 0) is 17.5 Å². The molecule has 2 aliphatic carbocycles. The largest absolute Gasteiger partial charge is 0.478 e. The number of carboxylic acids is 1. The summed E-state index contributed by atoms with van der Waals surface area (Å²) in [6.45, 7) is 1.26. The predicted molar refractivity (Wildman–Crippen MR) is 127 cm³/mol. The van der Waals surface area contributed by atoms with Crippen molar-refractivity contribution in [3.63, 3.8) is 0 Å². The van der Waals surface area contributed by atoms with Gasteiger partial charge >= 0.3 is 12.1 Å². The van der Waals surface area contributed by atoms with Crippen molar-refractivity contribution < 1.29 is 36.7 Å². The first kappa shape index (κ1) is 24.8. The quantitative estimate of drug-likeness (QED) is 0.380. The summed E-state index contributed by atoms with van der Waals surface area (Å²) in [5.41, 5.74) is -0.222. The second-order valence-corrected chi connectivity index (χ2v) is 10.4. The van der Waals surface area contributed by atoms with Gasteiger partial charge in [0.1, 0.15) is 11.5 Å². The number of ether oxygens (including phenoxy) is 1. The molecule has 2 saturated carbocycles. The molecule has 6 rings (SSSR count). The van der Waals surface area contributed by atoms with Gasteiger partial charge in [0.25, 0.3) is 0 Å². The Morgan fingerprint density at radius 3 is 2.50 bits per heavy atom. The zero-order valence-corrected chi connectivity index (χ0v) is 20.2. The van der Waals surface area contributed by atoms with Crippen LogP contribution in [0.1, 0.15) is 58.8 Å². The Labute approximate surface area is 215 Å². The summed E-state index contributed by atoms with van der Waals surface area (Å²) in [6, 6.07) is 6.34. The van der Waals surface area contributed by atoms with Crippen LogP contribution in [-0.4, -0.2) is 40.4 Å². The van der Waals surface area contributed by atoms with Gasteiger partial charge in [0.15, 0.2) is 11.6 Å². The number of nitrogens with zero attached hydrogens (tertiary/aromatic N) is 3. The highest BCUT2D eigenvalue weighted by Crippen LogP contribution is 2.47. The first-order valence-corrected chi connectivity index (χ1v) is 12.6. The van der Waals surface area contributed by atoms with Crippen LogP contribution in [0.15, 0.2) is 41.1 Å². The number of fused-ring (bicyclic) bond motifs is 1. The summed E-state index contributed by atoms with van der Waals surface area (Å²) < 4.78 is 67.4. The van der Waals surface area contributed by atoms with E-state index in [9.17, 15) is 22.4 Å². The zero-order chi connectivity index (χ0) is 26.6. The van der Waals surface area contributed by atoms with Gasteiger partial charge in [-0.25, -0.2) is 14.2 Å². The van der Waals surface area contributed by atoms with E-state index in [4.69, 9.17) is 14.4 Å². The van der Waals surface area contributed by atoms with E-state index in [2.05, 4.69) is 10.1 Å². The number of rotatable bonds is 7. The molecule has 3 aliphatic rings. The van der Waals surface area contributed by atoms with E-state index in [1.807, 2.05) is 4.90 Å². The summed E-state index contributed by atoms with van der Waals surface area (Å²) in [5.74, 6) is -0.499. The number of hydrogen-bond donors (Lipinski definition) is 1. The minimum Gasteiger partial charge on any atom is -0.478 e. The molecule has 1 aliphatic heterocycles. The van der Waals surface area contributed by atoms with Crippen molar-refractivity contribution in [3.8, 4) is 11.3 Å². The Bertz CT molecular complexity index is 1360. The number of hydrogen-bond acceptors (Lipinski definition) is 6. The van der Waals surface area contributed by atoms with E-state index in [0.29, 0.717) is 24.4 Å². The topological polar surface area (TPSA) is 88.7 Å². The van der Waals surface area contributed by atoms with E-state index in [1.54, 1.807) is 6.07 Å². The van der Waals surface area contributed by atoms with Gasteiger partial charge in [-0.15, -0.1) is 0 Å². The lowest BCUT2D eigenvalue weighted by atomic mass is 9.99. The number of pyridine rings is 1. The van der Waals surface area contributed by atoms with Crippen molar-refractivity contribution in [2.24, 2.45) is 11.8 Å². The zero-order valence-electron chi connectivity index (χ0n) is 20.2. The minimum absolute atomic E-state index is 0.0170. The highest BCUT2D eigenvalue weighted by Gasteiger charge is 2.43. The Kier molecular flexibility index (Phi) is 6.13. The van der Waals surface area contributed by atoms with Crippen LogP contribution in [0, 0.1) is 17.7 Å². The van der Waals surface area contributed by atoms with E-state index in [-0.39, 0.29) is 53.1 Å². The molecule has 0 amide bonds. The molecule has 0 spiro atoms. The van der Waals surface area contributed by atoms with Gasteiger partial charge in [-0.05, 0) is 49.7 Å². The van der Waals surface area contributed by atoms with Crippen LogP contribution >= 0.6 is 0 Å². The summed E-state index contributed by atoms with van der Waals surface area (Å²) in [7, 11) is 0. The molecule has 1 N–H and O–H groups in total. The van der Waals surface area contributed by atoms with Crippen LogP contribution < -0.4 is 4.90 Å². The van der Waals surface area contributed by atoms with Crippen molar-refractivity contribution in [1.29, 1.82) is 0 Å². The van der Waals surface area contributed by atoms with Crippen molar-refractivity contribution in [3.05, 3.63) is 64.8 Å².